The van der Waals surface area contributed by atoms with E-state index in [2.05, 4.69) is 0 Å². The smallest absolute Gasteiger partial charge is 0.362 e. The van der Waals surface area contributed by atoms with Crippen LogP contribution < -0.4 is 0 Å². The second kappa shape index (κ2) is 4.42. The molecule has 3 atom stereocenters. The first-order valence-electron chi connectivity index (χ1n) is 4.90. The van der Waals surface area contributed by atoms with Crippen LogP contribution in [0.4, 0.5) is 0 Å². The van der Waals surface area contributed by atoms with Crippen molar-refractivity contribution in [3.8, 4) is 0 Å². The van der Waals surface area contributed by atoms with E-state index in [0.717, 1.165) is 7.11 Å². The molecule has 1 fully saturated rings. The Hall–Kier alpha value is 0.260. The fourth-order valence-electron chi connectivity index (χ4n) is 1.95. The fraction of sp³-hybridized carbons (Fsp3) is 1.00. The zero-order valence-corrected chi connectivity index (χ0v) is 12.3. The zero-order chi connectivity index (χ0) is 13.5. The minimum absolute atomic E-state index is 0.177. The Labute approximate surface area is 100 Å². The first kappa shape index (κ1) is 15.3. The molecule has 0 aromatic carbocycles. The third-order valence-corrected chi connectivity index (χ3v) is 7.85. The maximum atomic E-state index is 12.3. The van der Waals surface area contributed by atoms with Crippen molar-refractivity contribution in [3.63, 3.8) is 0 Å². The minimum atomic E-state index is -3.77. The van der Waals surface area contributed by atoms with E-state index in [1.165, 1.54) is 28.1 Å². The molecule has 1 N–H and O–H groups in total. The van der Waals surface area contributed by atoms with Crippen LogP contribution in [0.3, 0.4) is 0 Å². The highest BCUT2D eigenvalue weighted by Gasteiger charge is 2.67. The van der Waals surface area contributed by atoms with Crippen LogP contribution in [0, 0.1) is 0 Å². The summed E-state index contributed by atoms with van der Waals surface area (Å²) in [7, 11) is -3.87. The first-order valence-corrected chi connectivity index (χ1v) is 7.99. The number of hydrogen-bond donors (Lipinski definition) is 1. The van der Waals surface area contributed by atoms with Crippen molar-refractivity contribution in [1.82, 2.24) is 0 Å². The van der Waals surface area contributed by atoms with Gasteiger partial charge >= 0.3 is 15.2 Å². The van der Waals surface area contributed by atoms with E-state index in [1.807, 2.05) is 0 Å². The van der Waals surface area contributed by atoms with Gasteiger partial charge in [0, 0.05) is 27.8 Å². The average Bonchev–Trinajstić information content (AvgIpc) is 2.45. The molecule has 17 heavy (non-hydrogen) atoms. The van der Waals surface area contributed by atoms with E-state index in [4.69, 9.17) is 18.1 Å². The summed E-state index contributed by atoms with van der Waals surface area (Å²) < 4.78 is 44.1. The van der Waals surface area contributed by atoms with Gasteiger partial charge < -0.3 is 18.7 Å². The van der Waals surface area contributed by atoms with Gasteiger partial charge in [-0.2, -0.15) is 0 Å². The lowest BCUT2D eigenvalue weighted by molar-refractivity contribution is 0.100. The minimum Gasteiger partial charge on any atom is -0.377 e. The van der Waals surface area contributed by atoms with Crippen LogP contribution in [-0.4, -0.2) is 37.1 Å². The van der Waals surface area contributed by atoms with E-state index in [-0.39, 0.29) is 6.42 Å². The predicted molar refractivity (Wildman–Crippen MR) is 61.0 cm³/mol. The monoisotopic (exact) mass is 288 g/mol. The lowest BCUT2D eigenvalue weighted by Crippen LogP contribution is -2.28. The lowest BCUT2D eigenvalue weighted by Gasteiger charge is -2.29. The normalized spacial score (nSPS) is 42.9. The lowest BCUT2D eigenvalue weighted by atomic mass is 10.2. The van der Waals surface area contributed by atoms with Crippen LogP contribution >= 0.6 is 15.2 Å². The molecule has 0 aromatic rings. The molecule has 0 bridgehead atoms. The van der Waals surface area contributed by atoms with E-state index < -0.39 is 25.9 Å². The van der Waals surface area contributed by atoms with Crippen LogP contribution in [0.2, 0.25) is 0 Å². The quantitative estimate of drug-likeness (QED) is 0.792. The summed E-state index contributed by atoms with van der Waals surface area (Å²) >= 11 is 0. The largest absolute Gasteiger partial charge is 0.377 e. The molecular weight excluding hydrogens is 270 g/mol. The molecule has 102 valence electrons. The summed E-state index contributed by atoms with van der Waals surface area (Å²) in [5.41, 5.74) is 0. The Kier molecular flexibility index (Phi) is 3.99. The Balaban J connectivity index is 3.22. The highest BCUT2D eigenvalue weighted by atomic mass is 31.2. The predicted octanol–water partition coefficient (Wildman–Crippen LogP) is 2.16. The highest BCUT2D eigenvalue weighted by molar-refractivity contribution is 7.59. The molecule has 0 radical (unpaired) electrons. The summed E-state index contributed by atoms with van der Waals surface area (Å²) in [5, 5.41) is 6.82. The number of aliphatic hydroxyl groups is 1. The van der Waals surface area contributed by atoms with Gasteiger partial charge in [0.2, 0.25) is 0 Å². The topological polar surface area (TPSA) is 91.3 Å². The van der Waals surface area contributed by atoms with Gasteiger partial charge in [-0.1, -0.05) is 0 Å². The summed E-state index contributed by atoms with van der Waals surface area (Å²) in [6.07, 6.45) is -0.177. The summed E-state index contributed by atoms with van der Waals surface area (Å²) in [6.45, 7) is 2.71. The van der Waals surface area contributed by atoms with Crippen molar-refractivity contribution in [1.29, 1.82) is 0 Å². The van der Waals surface area contributed by atoms with Gasteiger partial charge in [-0.05, 0) is 13.8 Å². The molecule has 1 aliphatic rings. The third kappa shape index (κ3) is 2.15. The van der Waals surface area contributed by atoms with Gasteiger partial charge in [0.05, 0.1) is 0 Å². The Morgan fingerprint density at radius 1 is 1.29 bits per heavy atom. The Bertz CT molecular complexity index is 385. The second-order valence-corrected chi connectivity index (χ2v) is 9.38. The van der Waals surface area contributed by atoms with Crippen molar-refractivity contribution < 1.29 is 32.3 Å². The molecule has 0 spiro atoms. The molecule has 0 aliphatic carbocycles. The molecule has 0 aromatic heterocycles. The van der Waals surface area contributed by atoms with E-state index in [9.17, 15) is 14.2 Å². The SMILES string of the molecule is COP1(=O)OC(C)(P(=O)(OC)OC)CC1(C)O. The van der Waals surface area contributed by atoms with E-state index in [1.54, 1.807) is 0 Å². The van der Waals surface area contributed by atoms with Crippen molar-refractivity contribution in [2.75, 3.05) is 21.3 Å². The molecule has 0 amide bonds. The van der Waals surface area contributed by atoms with Crippen LogP contribution in [0.1, 0.15) is 20.3 Å². The molecule has 1 aliphatic heterocycles. The molecule has 9 heteroatoms. The summed E-state index contributed by atoms with van der Waals surface area (Å²) in [6, 6.07) is 0. The van der Waals surface area contributed by atoms with Crippen LogP contribution in [-0.2, 0) is 27.2 Å². The zero-order valence-electron chi connectivity index (χ0n) is 10.5. The van der Waals surface area contributed by atoms with Crippen molar-refractivity contribution in [2.45, 2.75) is 31.0 Å². The number of rotatable bonds is 4. The maximum Gasteiger partial charge on any atom is 0.362 e. The molecule has 1 rings (SSSR count). The van der Waals surface area contributed by atoms with Crippen molar-refractivity contribution in [3.05, 3.63) is 0 Å². The molecule has 1 saturated heterocycles. The second-order valence-electron chi connectivity index (χ2n) is 4.20. The molecule has 3 unspecified atom stereocenters. The van der Waals surface area contributed by atoms with Crippen LogP contribution in [0.25, 0.3) is 0 Å². The fourth-order valence-corrected chi connectivity index (χ4v) is 5.96. The average molecular weight is 288 g/mol. The van der Waals surface area contributed by atoms with Gasteiger partial charge in [-0.3, -0.25) is 13.7 Å². The highest BCUT2D eigenvalue weighted by Crippen LogP contribution is 2.77. The maximum absolute atomic E-state index is 12.3. The van der Waals surface area contributed by atoms with Crippen molar-refractivity contribution in [2.24, 2.45) is 0 Å². The van der Waals surface area contributed by atoms with E-state index in [0.29, 0.717) is 0 Å². The van der Waals surface area contributed by atoms with E-state index >= 15 is 0 Å². The van der Waals surface area contributed by atoms with Gasteiger partial charge in [-0.15, -0.1) is 0 Å². The van der Waals surface area contributed by atoms with Gasteiger partial charge in [0.25, 0.3) is 0 Å². The first-order chi connectivity index (χ1) is 7.60. The Morgan fingerprint density at radius 2 is 1.76 bits per heavy atom. The summed E-state index contributed by atoms with van der Waals surface area (Å²) in [4.78, 5) is 0. The van der Waals surface area contributed by atoms with Gasteiger partial charge in [0.15, 0.2) is 10.7 Å². The molecule has 7 nitrogen and oxygen atoms in total. The third-order valence-electron chi connectivity index (χ3n) is 2.87. The van der Waals surface area contributed by atoms with Gasteiger partial charge in [-0.25, -0.2) is 0 Å². The van der Waals surface area contributed by atoms with Crippen LogP contribution in [0.5, 0.6) is 0 Å². The van der Waals surface area contributed by atoms with Gasteiger partial charge in [0.1, 0.15) is 0 Å². The molecular formula is C8H18O7P2. The van der Waals surface area contributed by atoms with Crippen LogP contribution in [0.15, 0.2) is 0 Å². The molecule has 0 saturated carbocycles. The summed E-state index contributed by atoms with van der Waals surface area (Å²) in [5.74, 6) is 0. The molecule has 1 heterocycles. The number of hydrogen-bond acceptors (Lipinski definition) is 7. The Morgan fingerprint density at radius 3 is 2.06 bits per heavy atom. The standard InChI is InChI=1S/C8H18O7P2/c1-7(9)6-8(2,15-16(7,10)12-3)17(11,13-4)14-5/h9H,6H2,1-5H3. The van der Waals surface area contributed by atoms with Crippen molar-refractivity contribution >= 4 is 15.2 Å².